The first-order valence-corrected chi connectivity index (χ1v) is 7.03. The molecule has 1 aliphatic rings. The lowest BCUT2D eigenvalue weighted by atomic mass is 10.0. The van der Waals surface area contributed by atoms with E-state index in [1.807, 2.05) is 12.1 Å². The summed E-state index contributed by atoms with van der Waals surface area (Å²) in [5, 5.41) is 13.4. The number of halogens is 1. The number of hydrogen-bond acceptors (Lipinski definition) is 4. The maximum absolute atomic E-state index is 9.55. The van der Waals surface area contributed by atoms with Gasteiger partial charge in [0, 0.05) is 38.8 Å². The lowest BCUT2D eigenvalue weighted by Gasteiger charge is -2.36. The molecule has 1 aromatic rings. The molecule has 0 aliphatic carbocycles. The molecule has 0 bridgehead atoms. The molecule has 1 heterocycles. The smallest absolute Gasteiger partial charge is 0.134 e. The van der Waals surface area contributed by atoms with Gasteiger partial charge in [-0.2, -0.15) is 0 Å². The second-order valence-electron chi connectivity index (χ2n) is 5.27. The summed E-state index contributed by atoms with van der Waals surface area (Å²) in [6, 6.07) is 5.85. The highest BCUT2D eigenvalue weighted by Crippen LogP contribution is 2.29. The van der Waals surface area contributed by atoms with E-state index in [-0.39, 0.29) is 5.75 Å². The van der Waals surface area contributed by atoms with Crippen LogP contribution in [0.3, 0.4) is 0 Å². The largest absolute Gasteiger partial charge is 0.506 e. The van der Waals surface area contributed by atoms with E-state index in [0.29, 0.717) is 11.1 Å². The van der Waals surface area contributed by atoms with E-state index in [0.717, 1.165) is 32.7 Å². The number of benzene rings is 1. The van der Waals surface area contributed by atoms with E-state index in [1.165, 1.54) is 5.56 Å². The van der Waals surface area contributed by atoms with Gasteiger partial charge < -0.3 is 15.3 Å². The highest BCUT2D eigenvalue weighted by atomic mass is 35.5. The average Bonchev–Trinajstić information content (AvgIpc) is 2.40. The van der Waals surface area contributed by atoms with Gasteiger partial charge in [-0.05, 0) is 31.8 Å². The maximum Gasteiger partial charge on any atom is 0.134 e. The van der Waals surface area contributed by atoms with E-state index in [9.17, 15) is 5.11 Å². The maximum atomic E-state index is 9.55. The van der Waals surface area contributed by atoms with Crippen LogP contribution in [0.15, 0.2) is 18.2 Å². The van der Waals surface area contributed by atoms with Crippen LogP contribution in [0.1, 0.15) is 11.6 Å². The molecule has 19 heavy (non-hydrogen) atoms. The van der Waals surface area contributed by atoms with Crippen molar-refractivity contribution in [2.24, 2.45) is 0 Å². The van der Waals surface area contributed by atoms with Crippen molar-refractivity contribution in [3.05, 3.63) is 28.8 Å². The van der Waals surface area contributed by atoms with Gasteiger partial charge in [-0.1, -0.05) is 17.7 Å². The number of phenolic OH excluding ortho intramolecular Hbond substituents is 1. The van der Waals surface area contributed by atoms with Crippen LogP contribution in [0.2, 0.25) is 5.02 Å². The number of piperazine rings is 1. The summed E-state index contributed by atoms with van der Waals surface area (Å²) in [6.45, 7) is 5.07. The first-order valence-electron chi connectivity index (χ1n) is 6.66. The van der Waals surface area contributed by atoms with Crippen molar-refractivity contribution in [2.75, 3.05) is 46.8 Å². The summed E-state index contributed by atoms with van der Waals surface area (Å²) in [5.41, 5.74) is 1.17. The number of aromatic hydroxyl groups is 1. The Kier molecular flexibility index (Phi) is 5.05. The van der Waals surface area contributed by atoms with Gasteiger partial charge in [0.1, 0.15) is 5.75 Å². The molecule has 0 aromatic heterocycles. The van der Waals surface area contributed by atoms with Crippen LogP contribution in [-0.2, 0) is 0 Å². The molecule has 4 nitrogen and oxygen atoms in total. The fourth-order valence-electron chi connectivity index (χ4n) is 2.50. The predicted molar refractivity (Wildman–Crippen MR) is 78.9 cm³/mol. The molecule has 0 spiro atoms. The van der Waals surface area contributed by atoms with Gasteiger partial charge in [0.15, 0.2) is 0 Å². The summed E-state index contributed by atoms with van der Waals surface area (Å²) in [4.78, 5) is 4.66. The van der Waals surface area contributed by atoms with Gasteiger partial charge in [0.05, 0.1) is 5.02 Å². The summed E-state index contributed by atoms with van der Waals surface area (Å²) < 4.78 is 0. The molecule has 1 atom stereocenters. The molecule has 1 unspecified atom stereocenters. The Balaban J connectivity index is 2.22. The molecule has 0 saturated carbocycles. The lowest BCUT2D eigenvalue weighted by molar-refractivity contribution is 0.144. The van der Waals surface area contributed by atoms with Gasteiger partial charge in [-0.15, -0.1) is 0 Å². The van der Waals surface area contributed by atoms with Gasteiger partial charge >= 0.3 is 0 Å². The first-order chi connectivity index (χ1) is 9.08. The molecule has 2 N–H and O–H groups in total. The SMILES string of the molecule is CN(C)CC(c1ccc(O)c(Cl)c1)N1CCNCC1. The van der Waals surface area contributed by atoms with E-state index in [4.69, 9.17) is 11.6 Å². The zero-order valence-corrected chi connectivity index (χ0v) is 12.3. The zero-order valence-electron chi connectivity index (χ0n) is 11.6. The standard InChI is InChI=1S/C14H22ClN3O/c1-17(2)10-13(18-7-5-16-6-8-18)11-3-4-14(19)12(15)9-11/h3-4,9,13,16,19H,5-8,10H2,1-2H3. The van der Waals surface area contributed by atoms with Crippen molar-refractivity contribution in [1.29, 1.82) is 0 Å². The third-order valence-electron chi connectivity index (χ3n) is 3.49. The Bertz CT molecular complexity index is 419. The Labute approximate surface area is 120 Å². The van der Waals surface area contributed by atoms with Crippen molar-refractivity contribution in [2.45, 2.75) is 6.04 Å². The zero-order chi connectivity index (χ0) is 13.8. The second kappa shape index (κ2) is 6.57. The van der Waals surface area contributed by atoms with E-state index < -0.39 is 0 Å². The fourth-order valence-corrected chi connectivity index (χ4v) is 2.69. The highest BCUT2D eigenvalue weighted by Gasteiger charge is 2.23. The van der Waals surface area contributed by atoms with Crippen LogP contribution in [-0.4, -0.2) is 61.7 Å². The van der Waals surface area contributed by atoms with E-state index >= 15 is 0 Å². The second-order valence-corrected chi connectivity index (χ2v) is 5.68. The summed E-state index contributed by atoms with van der Waals surface area (Å²) >= 11 is 6.04. The minimum absolute atomic E-state index is 0.148. The van der Waals surface area contributed by atoms with Gasteiger partial charge in [0.25, 0.3) is 0 Å². The lowest BCUT2D eigenvalue weighted by Crippen LogP contribution is -2.47. The van der Waals surface area contributed by atoms with Gasteiger partial charge in [0.2, 0.25) is 0 Å². The quantitative estimate of drug-likeness (QED) is 0.880. The van der Waals surface area contributed by atoms with Crippen LogP contribution < -0.4 is 5.32 Å². The minimum atomic E-state index is 0.148. The number of nitrogens with zero attached hydrogens (tertiary/aromatic N) is 2. The van der Waals surface area contributed by atoms with Crippen molar-refractivity contribution in [3.8, 4) is 5.75 Å². The number of nitrogens with one attached hydrogen (secondary N) is 1. The summed E-state index contributed by atoms with van der Waals surface area (Å²) in [6.07, 6.45) is 0. The Morgan fingerprint density at radius 1 is 1.37 bits per heavy atom. The number of phenols is 1. The van der Waals surface area contributed by atoms with Gasteiger partial charge in [-0.3, -0.25) is 4.90 Å². The first kappa shape index (κ1) is 14.6. The number of likely N-dealkylation sites (N-methyl/N-ethyl adjacent to an activating group) is 1. The third kappa shape index (κ3) is 3.83. The molecule has 1 fully saturated rings. The van der Waals surface area contributed by atoms with Crippen LogP contribution in [0, 0.1) is 0 Å². The van der Waals surface area contributed by atoms with Gasteiger partial charge in [-0.25, -0.2) is 0 Å². The molecule has 5 heteroatoms. The number of hydrogen-bond donors (Lipinski definition) is 2. The Morgan fingerprint density at radius 2 is 2.05 bits per heavy atom. The predicted octanol–water partition coefficient (Wildman–Crippen LogP) is 1.55. The monoisotopic (exact) mass is 283 g/mol. The summed E-state index contributed by atoms with van der Waals surface area (Å²) in [7, 11) is 4.16. The highest BCUT2D eigenvalue weighted by molar-refractivity contribution is 6.32. The van der Waals surface area contributed by atoms with E-state index in [2.05, 4.69) is 29.2 Å². The topological polar surface area (TPSA) is 38.7 Å². The average molecular weight is 284 g/mol. The van der Waals surface area contributed by atoms with Crippen molar-refractivity contribution in [1.82, 2.24) is 15.1 Å². The molecular weight excluding hydrogens is 262 g/mol. The molecule has 0 radical (unpaired) electrons. The van der Waals surface area contributed by atoms with Crippen LogP contribution >= 0.6 is 11.6 Å². The van der Waals surface area contributed by atoms with Crippen LogP contribution in [0.5, 0.6) is 5.75 Å². The molecule has 2 rings (SSSR count). The Morgan fingerprint density at radius 3 is 2.63 bits per heavy atom. The molecule has 106 valence electrons. The normalized spacial score (nSPS) is 18.7. The van der Waals surface area contributed by atoms with Crippen molar-refractivity contribution in [3.63, 3.8) is 0 Å². The van der Waals surface area contributed by atoms with Crippen LogP contribution in [0.25, 0.3) is 0 Å². The number of rotatable bonds is 4. The Hall–Kier alpha value is -0.810. The van der Waals surface area contributed by atoms with E-state index in [1.54, 1.807) is 6.07 Å². The molecule has 1 aromatic carbocycles. The minimum Gasteiger partial charge on any atom is -0.506 e. The summed E-state index contributed by atoms with van der Waals surface area (Å²) in [5.74, 6) is 0.148. The van der Waals surface area contributed by atoms with Crippen molar-refractivity contribution < 1.29 is 5.11 Å². The third-order valence-corrected chi connectivity index (χ3v) is 3.79. The molecule has 0 amide bonds. The fraction of sp³-hybridized carbons (Fsp3) is 0.571. The molecular formula is C14H22ClN3O. The molecule has 1 aliphatic heterocycles. The molecule has 1 saturated heterocycles. The van der Waals surface area contributed by atoms with Crippen LogP contribution in [0.4, 0.5) is 0 Å². The van der Waals surface area contributed by atoms with Crippen molar-refractivity contribution >= 4 is 11.6 Å².